The van der Waals surface area contributed by atoms with E-state index in [4.69, 9.17) is 0 Å². The van der Waals surface area contributed by atoms with Crippen molar-refractivity contribution >= 4 is 0 Å². The first-order valence-electron chi connectivity index (χ1n) is 13.9. The minimum Gasteiger partial charge on any atom is -0.334 e. The Morgan fingerprint density at radius 3 is 1.84 bits per heavy atom. The summed E-state index contributed by atoms with van der Waals surface area (Å²) in [6, 6.07) is 11.7. The zero-order valence-electron chi connectivity index (χ0n) is 21.2. The van der Waals surface area contributed by atoms with Crippen LogP contribution in [0.1, 0.15) is 128 Å². The van der Waals surface area contributed by atoms with Gasteiger partial charge in [-0.25, -0.2) is 4.98 Å². The van der Waals surface area contributed by atoms with Crippen LogP contribution in [0, 0.1) is 5.92 Å². The summed E-state index contributed by atoms with van der Waals surface area (Å²) in [5.41, 5.74) is 1.48. The van der Waals surface area contributed by atoms with Crippen LogP contribution in [0.3, 0.4) is 0 Å². The van der Waals surface area contributed by atoms with Crippen LogP contribution in [-0.4, -0.2) is 9.55 Å². The van der Waals surface area contributed by atoms with Gasteiger partial charge < -0.3 is 4.57 Å². The molecular formula is C30H50N2. The third kappa shape index (κ3) is 11.3. The number of unbranched alkanes of at least 4 members (excludes halogenated alkanes) is 12. The van der Waals surface area contributed by atoms with Gasteiger partial charge in [-0.2, -0.15) is 0 Å². The second-order valence-corrected chi connectivity index (χ2v) is 9.85. The van der Waals surface area contributed by atoms with Crippen LogP contribution in [0.5, 0.6) is 0 Å². The molecule has 0 bridgehead atoms. The third-order valence-corrected chi connectivity index (χ3v) is 7.07. The highest BCUT2D eigenvalue weighted by Crippen LogP contribution is 2.32. The molecule has 2 atom stereocenters. The van der Waals surface area contributed by atoms with Crippen molar-refractivity contribution in [2.24, 2.45) is 5.92 Å². The van der Waals surface area contributed by atoms with Gasteiger partial charge in [-0.05, 0) is 30.7 Å². The van der Waals surface area contributed by atoms with Crippen LogP contribution in [0.15, 0.2) is 49.1 Å². The molecule has 0 saturated carbocycles. The zero-order chi connectivity index (χ0) is 22.7. The van der Waals surface area contributed by atoms with E-state index in [2.05, 4.69) is 66.3 Å². The van der Waals surface area contributed by atoms with Gasteiger partial charge in [0.25, 0.3) is 0 Å². The van der Waals surface area contributed by atoms with Crippen LogP contribution in [0.2, 0.25) is 0 Å². The lowest BCUT2D eigenvalue weighted by molar-refractivity contribution is 0.277. The van der Waals surface area contributed by atoms with Crippen molar-refractivity contribution in [2.75, 3.05) is 0 Å². The van der Waals surface area contributed by atoms with E-state index in [-0.39, 0.29) is 0 Å². The van der Waals surface area contributed by atoms with Crippen molar-refractivity contribution in [3.05, 3.63) is 54.6 Å². The first-order valence-corrected chi connectivity index (χ1v) is 13.9. The Bertz CT molecular complexity index is 634. The lowest BCUT2D eigenvalue weighted by atomic mass is 9.85. The molecule has 32 heavy (non-hydrogen) atoms. The fraction of sp³-hybridized carbons (Fsp3) is 0.700. The quantitative estimate of drug-likeness (QED) is 0.188. The van der Waals surface area contributed by atoms with Crippen LogP contribution in [0.4, 0.5) is 0 Å². The highest BCUT2D eigenvalue weighted by atomic mass is 15.1. The Kier molecular flexibility index (Phi) is 14.9. The van der Waals surface area contributed by atoms with Gasteiger partial charge in [-0.15, -0.1) is 0 Å². The maximum absolute atomic E-state index is 4.39. The smallest absolute Gasteiger partial charge is 0.0948 e. The predicted molar refractivity (Wildman–Crippen MR) is 140 cm³/mol. The van der Waals surface area contributed by atoms with E-state index in [9.17, 15) is 0 Å². The fourth-order valence-corrected chi connectivity index (χ4v) is 5.10. The molecule has 0 radical (unpaired) electrons. The van der Waals surface area contributed by atoms with Gasteiger partial charge in [0.2, 0.25) is 0 Å². The largest absolute Gasteiger partial charge is 0.334 e. The molecule has 2 heteroatoms. The molecular weight excluding hydrogens is 388 g/mol. The van der Waals surface area contributed by atoms with E-state index in [0.717, 1.165) is 0 Å². The minimum absolute atomic E-state index is 0.576. The predicted octanol–water partition coefficient (Wildman–Crippen LogP) is 9.56. The Morgan fingerprint density at radius 2 is 1.28 bits per heavy atom. The monoisotopic (exact) mass is 438 g/mol. The summed E-state index contributed by atoms with van der Waals surface area (Å²) in [6.45, 7) is 4.61. The summed E-state index contributed by atoms with van der Waals surface area (Å²) in [4.78, 5) is 4.39. The molecule has 1 aromatic heterocycles. The van der Waals surface area contributed by atoms with Crippen molar-refractivity contribution < 1.29 is 0 Å². The second-order valence-electron chi connectivity index (χ2n) is 9.85. The molecule has 0 spiro atoms. The van der Waals surface area contributed by atoms with Crippen LogP contribution in [-0.2, 0) is 6.42 Å². The Balaban J connectivity index is 1.73. The van der Waals surface area contributed by atoms with Gasteiger partial charge in [-0.3, -0.25) is 0 Å². The van der Waals surface area contributed by atoms with Gasteiger partial charge in [0.15, 0.2) is 0 Å². The van der Waals surface area contributed by atoms with Crippen molar-refractivity contribution in [1.29, 1.82) is 0 Å². The summed E-state index contributed by atoms with van der Waals surface area (Å²) in [7, 11) is 0. The molecule has 0 aliphatic rings. The highest BCUT2D eigenvalue weighted by molar-refractivity contribution is 5.15. The Labute approximate surface area is 199 Å². The number of hydrogen-bond donors (Lipinski definition) is 0. The van der Waals surface area contributed by atoms with Gasteiger partial charge >= 0.3 is 0 Å². The van der Waals surface area contributed by atoms with Crippen molar-refractivity contribution in [3.8, 4) is 0 Å². The molecule has 2 nitrogen and oxygen atoms in total. The first-order chi connectivity index (χ1) is 15.8. The van der Waals surface area contributed by atoms with Crippen LogP contribution in [0.25, 0.3) is 0 Å². The molecule has 0 N–H and O–H groups in total. The third-order valence-electron chi connectivity index (χ3n) is 7.07. The first kappa shape index (κ1) is 26.7. The van der Waals surface area contributed by atoms with E-state index < -0.39 is 0 Å². The molecule has 1 aromatic carbocycles. The van der Waals surface area contributed by atoms with Crippen LogP contribution < -0.4 is 0 Å². The molecule has 1 heterocycles. The summed E-state index contributed by atoms with van der Waals surface area (Å²) in [5, 5.41) is 0. The molecule has 2 rings (SSSR count). The van der Waals surface area contributed by atoms with Crippen molar-refractivity contribution in [2.45, 2.75) is 129 Å². The molecule has 0 aliphatic carbocycles. The molecule has 0 amide bonds. The SMILES string of the molecule is CCCCCCCCCCCCCCC(C(CCCC)Cc1ccccc1)n1ccnc1. The highest BCUT2D eigenvalue weighted by Gasteiger charge is 2.22. The van der Waals surface area contributed by atoms with Gasteiger partial charge in [-0.1, -0.05) is 134 Å². The van der Waals surface area contributed by atoms with E-state index >= 15 is 0 Å². The average molecular weight is 439 g/mol. The zero-order valence-corrected chi connectivity index (χ0v) is 21.2. The van der Waals surface area contributed by atoms with Crippen molar-refractivity contribution in [3.63, 3.8) is 0 Å². The lowest BCUT2D eigenvalue weighted by Crippen LogP contribution is -2.21. The van der Waals surface area contributed by atoms with Gasteiger partial charge in [0.1, 0.15) is 0 Å². The van der Waals surface area contributed by atoms with E-state index in [0.29, 0.717) is 12.0 Å². The maximum atomic E-state index is 4.39. The van der Waals surface area contributed by atoms with Crippen molar-refractivity contribution in [1.82, 2.24) is 9.55 Å². The van der Waals surface area contributed by atoms with Gasteiger partial charge in [0, 0.05) is 18.4 Å². The summed E-state index contributed by atoms with van der Waals surface area (Å²) in [6.07, 6.45) is 29.6. The number of aromatic nitrogens is 2. The number of hydrogen-bond acceptors (Lipinski definition) is 1. The molecule has 2 aromatic rings. The van der Waals surface area contributed by atoms with E-state index in [1.165, 1.54) is 115 Å². The van der Waals surface area contributed by atoms with E-state index in [1.54, 1.807) is 0 Å². The Morgan fingerprint density at radius 1 is 0.688 bits per heavy atom. The maximum Gasteiger partial charge on any atom is 0.0948 e. The summed E-state index contributed by atoms with van der Waals surface area (Å²) in [5.74, 6) is 0.694. The summed E-state index contributed by atoms with van der Waals surface area (Å²) >= 11 is 0. The number of imidazole rings is 1. The number of benzene rings is 1. The topological polar surface area (TPSA) is 17.8 Å². The van der Waals surface area contributed by atoms with Gasteiger partial charge in [0.05, 0.1) is 6.33 Å². The standard InChI is InChI=1S/C30H50N2/c1-3-5-7-8-9-10-11-12-13-14-15-19-23-30(32-25-24-31-27-32)29(22-6-4-2)26-28-20-17-16-18-21-28/h16-18,20-21,24-25,27,29-30H,3-15,19,22-23,26H2,1-2H3. The molecule has 2 unspecified atom stereocenters. The number of nitrogens with zero attached hydrogens (tertiary/aromatic N) is 2. The lowest BCUT2D eigenvalue weighted by Gasteiger charge is -2.29. The summed E-state index contributed by atoms with van der Waals surface area (Å²) < 4.78 is 2.40. The fourth-order valence-electron chi connectivity index (χ4n) is 5.10. The molecule has 180 valence electrons. The molecule has 0 aliphatic heterocycles. The normalized spacial score (nSPS) is 13.3. The van der Waals surface area contributed by atoms with Crippen LogP contribution >= 0.6 is 0 Å². The molecule has 0 fully saturated rings. The number of rotatable bonds is 20. The average Bonchev–Trinajstić information content (AvgIpc) is 3.35. The molecule has 0 saturated heterocycles. The second kappa shape index (κ2) is 17.9. The Hall–Kier alpha value is -1.57. The van der Waals surface area contributed by atoms with E-state index in [1.807, 2.05) is 6.20 Å². The minimum atomic E-state index is 0.576.